The van der Waals surface area contributed by atoms with Gasteiger partial charge in [-0.2, -0.15) is 0 Å². The van der Waals surface area contributed by atoms with E-state index in [9.17, 15) is 4.79 Å². The molecule has 3 heteroatoms. The average Bonchev–Trinajstić information content (AvgIpc) is 2.97. The molecule has 3 unspecified atom stereocenters. The molecular formula is C13H25NO2. The van der Waals surface area contributed by atoms with E-state index in [0.29, 0.717) is 12.6 Å². The second-order valence-electron chi connectivity index (χ2n) is 4.65. The Balaban J connectivity index is 2.31. The van der Waals surface area contributed by atoms with Crippen LogP contribution in [0.4, 0.5) is 0 Å². The molecule has 94 valence electrons. The summed E-state index contributed by atoms with van der Waals surface area (Å²) in [6.07, 6.45) is 5.64. The Hall–Kier alpha value is -0.570. The van der Waals surface area contributed by atoms with E-state index in [-0.39, 0.29) is 12.0 Å². The standard InChI is InChI=1S/C13H25NO2/c1-4-7-10-9-12(10)14-11(8-5-2)13(15)16-6-3/h10-12,14H,4-9H2,1-3H3. The normalized spacial score (nSPS) is 25.2. The zero-order valence-electron chi connectivity index (χ0n) is 10.8. The van der Waals surface area contributed by atoms with Crippen molar-refractivity contribution in [3.05, 3.63) is 0 Å². The minimum atomic E-state index is -0.0863. The van der Waals surface area contributed by atoms with Gasteiger partial charge in [-0.1, -0.05) is 26.7 Å². The van der Waals surface area contributed by atoms with Crippen molar-refractivity contribution in [2.24, 2.45) is 5.92 Å². The highest BCUT2D eigenvalue weighted by atomic mass is 16.5. The Kier molecular flexibility index (Phi) is 5.81. The minimum absolute atomic E-state index is 0.0773. The van der Waals surface area contributed by atoms with Gasteiger partial charge >= 0.3 is 5.97 Å². The van der Waals surface area contributed by atoms with Crippen molar-refractivity contribution in [1.82, 2.24) is 5.32 Å². The first-order chi connectivity index (χ1) is 7.72. The summed E-state index contributed by atoms with van der Waals surface area (Å²) in [5.74, 6) is 0.713. The quantitative estimate of drug-likeness (QED) is 0.647. The SMILES string of the molecule is CCCC(NC1CC1CCC)C(=O)OCC. The third-order valence-corrected chi connectivity index (χ3v) is 3.15. The van der Waals surface area contributed by atoms with E-state index in [1.165, 1.54) is 19.3 Å². The molecule has 1 aliphatic rings. The van der Waals surface area contributed by atoms with Crippen LogP contribution >= 0.6 is 0 Å². The van der Waals surface area contributed by atoms with Crippen LogP contribution in [-0.2, 0) is 9.53 Å². The van der Waals surface area contributed by atoms with Gasteiger partial charge in [0.05, 0.1) is 6.61 Å². The van der Waals surface area contributed by atoms with Gasteiger partial charge in [0.25, 0.3) is 0 Å². The van der Waals surface area contributed by atoms with Crippen LogP contribution in [0.3, 0.4) is 0 Å². The number of nitrogens with one attached hydrogen (secondary N) is 1. The van der Waals surface area contributed by atoms with Crippen molar-refractivity contribution in [2.45, 2.75) is 65.0 Å². The maximum absolute atomic E-state index is 11.7. The molecule has 1 rings (SSSR count). The Bertz CT molecular complexity index is 218. The lowest BCUT2D eigenvalue weighted by molar-refractivity contribution is -0.145. The Morgan fingerprint density at radius 3 is 2.69 bits per heavy atom. The second kappa shape index (κ2) is 6.89. The van der Waals surface area contributed by atoms with Crippen molar-refractivity contribution >= 4 is 5.97 Å². The van der Waals surface area contributed by atoms with Gasteiger partial charge < -0.3 is 10.1 Å². The highest BCUT2D eigenvalue weighted by molar-refractivity contribution is 5.75. The van der Waals surface area contributed by atoms with Crippen molar-refractivity contribution in [2.75, 3.05) is 6.61 Å². The molecule has 0 bridgehead atoms. The summed E-state index contributed by atoms with van der Waals surface area (Å²) < 4.78 is 5.08. The van der Waals surface area contributed by atoms with Gasteiger partial charge in [-0.3, -0.25) is 4.79 Å². The number of hydrogen-bond acceptors (Lipinski definition) is 3. The summed E-state index contributed by atoms with van der Waals surface area (Å²) in [5.41, 5.74) is 0. The predicted molar refractivity (Wildman–Crippen MR) is 65.3 cm³/mol. The molecule has 0 aromatic rings. The van der Waals surface area contributed by atoms with Crippen LogP contribution < -0.4 is 5.32 Å². The largest absolute Gasteiger partial charge is 0.465 e. The van der Waals surface area contributed by atoms with Gasteiger partial charge in [0.2, 0.25) is 0 Å². The molecule has 0 saturated heterocycles. The molecule has 16 heavy (non-hydrogen) atoms. The van der Waals surface area contributed by atoms with Crippen LogP contribution in [-0.4, -0.2) is 24.7 Å². The smallest absolute Gasteiger partial charge is 0.323 e. The fraction of sp³-hybridized carbons (Fsp3) is 0.923. The van der Waals surface area contributed by atoms with Crippen LogP contribution in [0.5, 0.6) is 0 Å². The molecule has 3 atom stereocenters. The summed E-state index contributed by atoms with van der Waals surface area (Å²) >= 11 is 0. The van der Waals surface area contributed by atoms with Crippen molar-refractivity contribution in [3.8, 4) is 0 Å². The molecule has 1 aliphatic carbocycles. The van der Waals surface area contributed by atoms with Gasteiger partial charge in [0, 0.05) is 6.04 Å². The molecule has 0 radical (unpaired) electrons. The number of rotatable bonds is 8. The third-order valence-electron chi connectivity index (χ3n) is 3.15. The first-order valence-electron chi connectivity index (χ1n) is 6.65. The van der Waals surface area contributed by atoms with E-state index in [2.05, 4.69) is 19.2 Å². The topological polar surface area (TPSA) is 38.3 Å². The number of carbonyl (C=O) groups is 1. The molecule has 1 fully saturated rings. The van der Waals surface area contributed by atoms with Crippen LogP contribution in [0, 0.1) is 5.92 Å². The maximum atomic E-state index is 11.7. The lowest BCUT2D eigenvalue weighted by Crippen LogP contribution is -2.40. The molecule has 0 heterocycles. The van der Waals surface area contributed by atoms with E-state index in [0.717, 1.165) is 18.8 Å². The molecule has 0 spiro atoms. The summed E-state index contributed by atoms with van der Waals surface area (Å²) in [6, 6.07) is 0.470. The number of carbonyl (C=O) groups excluding carboxylic acids is 1. The van der Waals surface area contributed by atoms with Crippen molar-refractivity contribution in [3.63, 3.8) is 0 Å². The monoisotopic (exact) mass is 227 g/mol. The lowest BCUT2D eigenvalue weighted by atomic mass is 10.1. The number of ether oxygens (including phenoxy) is 1. The van der Waals surface area contributed by atoms with E-state index in [4.69, 9.17) is 4.74 Å². The van der Waals surface area contributed by atoms with Crippen LogP contribution in [0.1, 0.15) is 52.9 Å². The van der Waals surface area contributed by atoms with Gasteiger partial charge in [0.1, 0.15) is 6.04 Å². The molecule has 3 nitrogen and oxygen atoms in total. The van der Waals surface area contributed by atoms with Gasteiger partial charge in [-0.25, -0.2) is 0 Å². The molecule has 0 aromatic heterocycles. The Labute approximate surface area is 98.9 Å². The van der Waals surface area contributed by atoms with E-state index < -0.39 is 0 Å². The Morgan fingerprint density at radius 2 is 2.12 bits per heavy atom. The van der Waals surface area contributed by atoms with Gasteiger partial charge in [-0.05, 0) is 32.1 Å². The molecular weight excluding hydrogens is 202 g/mol. The summed E-state index contributed by atoms with van der Waals surface area (Å²) in [7, 11) is 0. The van der Waals surface area contributed by atoms with Crippen LogP contribution in [0.15, 0.2) is 0 Å². The predicted octanol–water partition coefficient (Wildman–Crippen LogP) is 2.50. The number of esters is 1. The first kappa shape index (κ1) is 13.5. The van der Waals surface area contributed by atoms with E-state index in [1.807, 2.05) is 6.92 Å². The highest BCUT2D eigenvalue weighted by Gasteiger charge is 2.38. The third kappa shape index (κ3) is 4.12. The zero-order valence-corrected chi connectivity index (χ0v) is 10.8. The summed E-state index contributed by atoms with van der Waals surface area (Å²) in [6.45, 7) is 6.65. The van der Waals surface area contributed by atoms with Crippen molar-refractivity contribution in [1.29, 1.82) is 0 Å². The van der Waals surface area contributed by atoms with E-state index >= 15 is 0 Å². The maximum Gasteiger partial charge on any atom is 0.323 e. The second-order valence-corrected chi connectivity index (χ2v) is 4.65. The van der Waals surface area contributed by atoms with Gasteiger partial charge in [-0.15, -0.1) is 0 Å². The highest BCUT2D eigenvalue weighted by Crippen LogP contribution is 2.35. The summed E-state index contributed by atoms with van der Waals surface area (Å²) in [5, 5.41) is 3.44. The molecule has 0 amide bonds. The lowest BCUT2D eigenvalue weighted by Gasteiger charge is -2.16. The first-order valence-corrected chi connectivity index (χ1v) is 6.65. The molecule has 0 aromatic carbocycles. The minimum Gasteiger partial charge on any atom is -0.465 e. The van der Waals surface area contributed by atoms with Gasteiger partial charge in [0.15, 0.2) is 0 Å². The molecule has 1 saturated carbocycles. The fourth-order valence-corrected chi connectivity index (χ4v) is 2.20. The fourth-order valence-electron chi connectivity index (χ4n) is 2.20. The van der Waals surface area contributed by atoms with Crippen LogP contribution in [0.2, 0.25) is 0 Å². The number of hydrogen-bond donors (Lipinski definition) is 1. The molecule has 0 aliphatic heterocycles. The average molecular weight is 227 g/mol. The molecule has 1 N–H and O–H groups in total. The van der Waals surface area contributed by atoms with Crippen LogP contribution in [0.25, 0.3) is 0 Å². The Morgan fingerprint density at radius 1 is 1.38 bits per heavy atom. The van der Waals surface area contributed by atoms with E-state index in [1.54, 1.807) is 0 Å². The summed E-state index contributed by atoms with van der Waals surface area (Å²) in [4.78, 5) is 11.7. The zero-order chi connectivity index (χ0) is 12.0. The van der Waals surface area contributed by atoms with Crippen molar-refractivity contribution < 1.29 is 9.53 Å².